The summed E-state index contributed by atoms with van der Waals surface area (Å²) < 4.78 is 1.92. The number of carboxylic acid groups (broad SMARTS) is 1. The van der Waals surface area contributed by atoms with E-state index in [1.165, 1.54) is 11.3 Å². The van der Waals surface area contributed by atoms with Gasteiger partial charge in [0.05, 0.1) is 28.8 Å². The Hall–Kier alpha value is -2.14. The highest BCUT2D eigenvalue weighted by atomic mass is 32.1. The molecule has 0 bridgehead atoms. The number of para-hydroxylation sites is 1. The van der Waals surface area contributed by atoms with Crippen molar-refractivity contribution in [3.8, 4) is 0 Å². The highest BCUT2D eigenvalue weighted by Gasteiger charge is 2.12. The molecule has 0 radical (unpaired) electrons. The first kappa shape index (κ1) is 11.0. The minimum Gasteiger partial charge on any atom is -0.478 e. The van der Waals surface area contributed by atoms with Crippen LogP contribution in [0.15, 0.2) is 41.4 Å². The van der Waals surface area contributed by atoms with Gasteiger partial charge in [0.25, 0.3) is 0 Å². The van der Waals surface area contributed by atoms with Gasteiger partial charge in [-0.3, -0.25) is 0 Å². The van der Waals surface area contributed by atoms with Crippen LogP contribution in [0.3, 0.4) is 0 Å². The monoisotopic (exact) mass is 258 g/mol. The van der Waals surface area contributed by atoms with Gasteiger partial charge >= 0.3 is 5.97 Å². The maximum Gasteiger partial charge on any atom is 0.337 e. The molecule has 0 atom stereocenters. The van der Waals surface area contributed by atoms with Crippen LogP contribution in [0, 0.1) is 0 Å². The number of aromatic carboxylic acids is 1. The summed E-state index contributed by atoms with van der Waals surface area (Å²) >= 11 is 1.54. The lowest BCUT2D eigenvalue weighted by Crippen LogP contribution is -2.04. The number of benzene rings is 1. The van der Waals surface area contributed by atoms with Gasteiger partial charge < -0.3 is 9.67 Å². The molecule has 2 heterocycles. The van der Waals surface area contributed by atoms with Crippen molar-refractivity contribution in [2.75, 3.05) is 0 Å². The summed E-state index contributed by atoms with van der Waals surface area (Å²) in [4.78, 5) is 15.5. The Bertz CT molecular complexity index is 701. The molecule has 0 aliphatic heterocycles. The van der Waals surface area contributed by atoms with Crippen LogP contribution in [0.1, 0.15) is 16.1 Å². The first-order valence-electron chi connectivity index (χ1n) is 5.44. The van der Waals surface area contributed by atoms with E-state index >= 15 is 0 Å². The molecule has 2 aromatic heterocycles. The lowest BCUT2D eigenvalue weighted by atomic mass is 10.1. The second-order valence-electron chi connectivity index (χ2n) is 3.97. The molecule has 0 saturated carbocycles. The predicted octanol–water partition coefficient (Wildman–Crippen LogP) is 2.84. The number of carboxylic acids is 1. The molecule has 0 fully saturated rings. The number of rotatable bonds is 3. The second kappa shape index (κ2) is 4.27. The third kappa shape index (κ3) is 1.78. The number of fused-ring (bicyclic) bond motifs is 1. The largest absolute Gasteiger partial charge is 0.478 e. The number of thiazole rings is 1. The van der Waals surface area contributed by atoms with Crippen molar-refractivity contribution < 1.29 is 9.90 Å². The Labute approximate surface area is 107 Å². The summed E-state index contributed by atoms with van der Waals surface area (Å²) in [5.74, 6) is -0.904. The average molecular weight is 258 g/mol. The van der Waals surface area contributed by atoms with Crippen LogP contribution in [0.4, 0.5) is 0 Å². The molecule has 0 unspecified atom stereocenters. The fraction of sp³-hybridized carbons (Fsp3) is 0.0769. The van der Waals surface area contributed by atoms with Crippen molar-refractivity contribution in [2.24, 2.45) is 0 Å². The van der Waals surface area contributed by atoms with E-state index in [4.69, 9.17) is 0 Å². The lowest BCUT2D eigenvalue weighted by molar-refractivity contribution is 0.0698. The molecule has 0 amide bonds. The van der Waals surface area contributed by atoms with Crippen LogP contribution in [-0.2, 0) is 6.54 Å². The van der Waals surface area contributed by atoms with Gasteiger partial charge in [0.2, 0.25) is 0 Å². The van der Waals surface area contributed by atoms with Crippen LogP contribution in [-0.4, -0.2) is 20.6 Å². The first-order valence-corrected chi connectivity index (χ1v) is 6.38. The molecular weight excluding hydrogens is 248 g/mol. The van der Waals surface area contributed by atoms with E-state index < -0.39 is 5.97 Å². The van der Waals surface area contributed by atoms with Gasteiger partial charge in [-0.2, -0.15) is 0 Å². The van der Waals surface area contributed by atoms with Crippen LogP contribution < -0.4 is 0 Å². The normalized spacial score (nSPS) is 10.9. The van der Waals surface area contributed by atoms with E-state index in [2.05, 4.69) is 4.98 Å². The van der Waals surface area contributed by atoms with E-state index in [0.717, 1.165) is 16.6 Å². The van der Waals surface area contributed by atoms with Crippen molar-refractivity contribution in [1.29, 1.82) is 0 Å². The summed E-state index contributed by atoms with van der Waals surface area (Å²) in [5.41, 5.74) is 3.79. The molecule has 1 aromatic carbocycles. The van der Waals surface area contributed by atoms with Crippen molar-refractivity contribution in [3.05, 3.63) is 52.6 Å². The summed E-state index contributed by atoms with van der Waals surface area (Å²) in [6.07, 6.45) is 1.90. The van der Waals surface area contributed by atoms with E-state index in [1.807, 2.05) is 28.3 Å². The SMILES string of the molecule is O=C(O)c1cccc2ccn(Cc3cscn3)c12. The van der Waals surface area contributed by atoms with Gasteiger partial charge in [0.1, 0.15) is 0 Å². The molecule has 1 N–H and O–H groups in total. The number of carbonyl (C=O) groups is 1. The van der Waals surface area contributed by atoms with Crippen LogP contribution in [0.2, 0.25) is 0 Å². The van der Waals surface area contributed by atoms with Crippen LogP contribution in [0.5, 0.6) is 0 Å². The molecule has 90 valence electrons. The van der Waals surface area contributed by atoms with E-state index in [0.29, 0.717) is 12.1 Å². The highest BCUT2D eigenvalue weighted by molar-refractivity contribution is 7.07. The Balaban J connectivity index is 2.15. The van der Waals surface area contributed by atoms with Crippen molar-refractivity contribution in [2.45, 2.75) is 6.54 Å². The minimum atomic E-state index is -0.904. The first-order chi connectivity index (χ1) is 8.75. The zero-order chi connectivity index (χ0) is 12.5. The average Bonchev–Trinajstić information content (AvgIpc) is 2.99. The molecular formula is C13H10N2O2S. The number of aromatic nitrogens is 2. The van der Waals surface area contributed by atoms with Gasteiger partial charge in [-0.25, -0.2) is 9.78 Å². The quantitative estimate of drug-likeness (QED) is 0.786. The Morgan fingerprint density at radius 2 is 2.28 bits per heavy atom. The van der Waals surface area contributed by atoms with Crippen LogP contribution in [0.25, 0.3) is 10.9 Å². The zero-order valence-electron chi connectivity index (χ0n) is 9.41. The molecule has 4 nitrogen and oxygen atoms in total. The fourth-order valence-corrected chi connectivity index (χ4v) is 2.61. The van der Waals surface area contributed by atoms with Crippen molar-refractivity contribution in [3.63, 3.8) is 0 Å². The number of hydrogen-bond acceptors (Lipinski definition) is 3. The van der Waals surface area contributed by atoms with E-state index in [1.54, 1.807) is 17.6 Å². The Morgan fingerprint density at radius 1 is 1.39 bits per heavy atom. The highest BCUT2D eigenvalue weighted by Crippen LogP contribution is 2.21. The smallest absolute Gasteiger partial charge is 0.337 e. The van der Waals surface area contributed by atoms with Crippen molar-refractivity contribution >= 4 is 28.2 Å². The lowest BCUT2D eigenvalue weighted by Gasteiger charge is -2.05. The topological polar surface area (TPSA) is 55.1 Å². The Morgan fingerprint density at radius 3 is 3.00 bits per heavy atom. The standard InChI is InChI=1S/C13H10N2O2S/c16-13(17)11-3-1-2-9-4-5-15(12(9)11)6-10-7-18-8-14-10/h1-5,7-8H,6H2,(H,16,17). The van der Waals surface area contributed by atoms with Crippen LogP contribution >= 0.6 is 11.3 Å². The van der Waals surface area contributed by atoms with Crippen molar-refractivity contribution in [1.82, 2.24) is 9.55 Å². The molecule has 0 saturated heterocycles. The molecule has 5 heteroatoms. The maximum absolute atomic E-state index is 11.2. The molecule has 0 spiro atoms. The minimum absolute atomic E-state index is 0.327. The van der Waals surface area contributed by atoms with E-state index in [-0.39, 0.29) is 0 Å². The maximum atomic E-state index is 11.2. The predicted molar refractivity (Wildman–Crippen MR) is 70.1 cm³/mol. The zero-order valence-corrected chi connectivity index (χ0v) is 10.2. The Kier molecular flexibility index (Phi) is 2.60. The van der Waals surface area contributed by atoms with Gasteiger partial charge in [-0.15, -0.1) is 11.3 Å². The number of nitrogens with zero attached hydrogens (tertiary/aromatic N) is 2. The van der Waals surface area contributed by atoms with Gasteiger partial charge in [-0.05, 0) is 12.1 Å². The third-order valence-corrected chi connectivity index (χ3v) is 3.47. The summed E-state index contributed by atoms with van der Waals surface area (Å²) in [6, 6.07) is 7.23. The summed E-state index contributed by atoms with van der Waals surface area (Å²) in [5, 5.41) is 12.1. The second-order valence-corrected chi connectivity index (χ2v) is 4.69. The third-order valence-electron chi connectivity index (χ3n) is 2.83. The molecule has 0 aliphatic rings. The van der Waals surface area contributed by atoms with Gasteiger partial charge in [0, 0.05) is 17.0 Å². The molecule has 18 heavy (non-hydrogen) atoms. The fourth-order valence-electron chi connectivity index (χ4n) is 2.06. The van der Waals surface area contributed by atoms with E-state index in [9.17, 15) is 9.90 Å². The molecule has 0 aliphatic carbocycles. The summed E-state index contributed by atoms with van der Waals surface area (Å²) in [6.45, 7) is 0.595. The molecule has 3 aromatic rings. The molecule has 3 rings (SSSR count). The summed E-state index contributed by atoms with van der Waals surface area (Å²) in [7, 11) is 0. The van der Waals surface area contributed by atoms with Gasteiger partial charge in [-0.1, -0.05) is 12.1 Å². The van der Waals surface area contributed by atoms with Gasteiger partial charge in [0.15, 0.2) is 0 Å². The number of hydrogen-bond donors (Lipinski definition) is 1.